The van der Waals surface area contributed by atoms with Crippen LogP contribution in [-0.4, -0.2) is 67.0 Å². The predicted molar refractivity (Wildman–Crippen MR) is 87.7 cm³/mol. The number of rotatable bonds is 6. The van der Waals surface area contributed by atoms with Gasteiger partial charge in [-0.25, -0.2) is 4.98 Å². The zero-order chi connectivity index (χ0) is 16.9. The van der Waals surface area contributed by atoms with E-state index in [0.29, 0.717) is 38.5 Å². The maximum atomic E-state index is 12.4. The Morgan fingerprint density at radius 2 is 2.21 bits per heavy atom. The third-order valence-electron chi connectivity index (χ3n) is 4.74. The van der Waals surface area contributed by atoms with Gasteiger partial charge in [-0.3, -0.25) is 9.69 Å². The van der Waals surface area contributed by atoms with Gasteiger partial charge >= 0.3 is 0 Å². The molecule has 7 nitrogen and oxygen atoms in total. The van der Waals surface area contributed by atoms with Crippen LogP contribution < -0.4 is 10.1 Å². The zero-order valence-electron chi connectivity index (χ0n) is 14.0. The van der Waals surface area contributed by atoms with E-state index in [1.807, 2.05) is 6.07 Å². The molecule has 1 aliphatic carbocycles. The summed E-state index contributed by atoms with van der Waals surface area (Å²) in [4.78, 5) is 18.8. The Kier molecular flexibility index (Phi) is 5.65. The molecule has 0 aromatic carbocycles. The minimum atomic E-state index is -0.264. The molecule has 1 aromatic rings. The minimum Gasteiger partial charge on any atom is -0.481 e. The molecule has 2 heterocycles. The van der Waals surface area contributed by atoms with Gasteiger partial charge in [0.15, 0.2) is 0 Å². The molecule has 1 amide bonds. The third-order valence-corrected chi connectivity index (χ3v) is 4.74. The van der Waals surface area contributed by atoms with Crippen LogP contribution in [0, 0.1) is 5.92 Å². The van der Waals surface area contributed by atoms with Crippen LogP contribution in [0.15, 0.2) is 18.3 Å². The Bertz CT molecular complexity index is 539. The molecule has 0 spiro atoms. The summed E-state index contributed by atoms with van der Waals surface area (Å²) in [5.74, 6) is 0.786. The Morgan fingerprint density at radius 1 is 1.46 bits per heavy atom. The number of nitrogens with one attached hydrogen (secondary N) is 1. The molecule has 0 radical (unpaired) electrons. The van der Waals surface area contributed by atoms with Gasteiger partial charge in [-0.15, -0.1) is 0 Å². The number of hydrogen-bond donors (Lipinski definition) is 2. The summed E-state index contributed by atoms with van der Waals surface area (Å²) >= 11 is 0. The second-order valence-electron chi connectivity index (χ2n) is 6.45. The van der Waals surface area contributed by atoms with Gasteiger partial charge < -0.3 is 19.9 Å². The molecule has 132 valence electrons. The summed E-state index contributed by atoms with van der Waals surface area (Å²) < 4.78 is 10.4. The number of nitrogens with zero attached hydrogens (tertiary/aromatic N) is 2. The van der Waals surface area contributed by atoms with Crippen LogP contribution in [0.3, 0.4) is 0 Å². The molecule has 1 aliphatic heterocycles. The summed E-state index contributed by atoms with van der Waals surface area (Å²) in [6.07, 6.45) is 2.88. The summed E-state index contributed by atoms with van der Waals surface area (Å²) in [5.41, 5.74) is 0.947. The molecule has 0 unspecified atom stereocenters. The first-order valence-corrected chi connectivity index (χ1v) is 8.43. The average molecular weight is 335 g/mol. The molecule has 7 heteroatoms. The SMILES string of the molecule is COc1ccc([C@H](NC(=O)CN2CCOCC2)C2CC(O)C2)cn1. The van der Waals surface area contributed by atoms with Crippen molar-refractivity contribution in [3.05, 3.63) is 23.9 Å². The highest BCUT2D eigenvalue weighted by atomic mass is 16.5. The molecule has 24 heavy (non-hydrogen) atoms. The molecule has 1 atom stereocenters. The molecule has 2 aliphatic rings. The van der Waals surface area contributed by atoms with Crippen molar-refractivity contribution < 1.29 is 19.4 Å². The Hall–Kier alpha value is -1.70. The number of carbonyl (C=O) groups is 1. The van der Waals surface area contributed by atoms with E-state index in [1.165, 1.54) is 0 Å². The molecule has 0 bridgehead atoms. The van der Waals surface area contributed by atoms with Gasteiger partial charge in [0.25, 0.3) is 0 Å². The lowest BCUT2D eigenvalue weighted by molar-refractivity contribution is -0.125. The lowest BCUT2D eigenvalue weighted by Gasteiger charge is -2.38. The third kappa shape index (κ3) is 4.23. The van der Waals surface area contributed by atoms with Crippen LogP contribution >= 0.6 is 0 Å². The average Bonchev–Trinajstić information content (AvgIpc) is 2.58. The van der Waals surface area contributed by atoms with Gasteiger partial charge in [-0.2, -0.15) is 0 Å². The number of hydrogen-bond acceptors (Lipinski definition) is 6. The number of pyridine rings is 1. The lowest BCUT2D eigenvalue weighted by Crippen LogP contribution is -2.47. The smallest absolute Gasteiger partial charge is 0.234 e. The highest BCUT2D eigenvalue weighted by Gasteiger charge is 2.36. The Morgan fingerprint density at radius 3 is 2.79 bits per heavy atom. The van der Waals surface area contributed by atoms with E-state index in [4.69, 9.17) is 9.47 Å². The van der Waals surface area contributed by atoms with Crippen LogP contribution in [0.1, 0.15) is 24.4 Å². The van der Waals surface area contributed by atoms with Crippen LogP contribution in [-0.2, 0) is 9.53 Å². The number of amides is 1. The van der Waals surface area contributed by atoms with E-state index in [0.717, 1.165) is 18.7 Å². The fourth-order valence-corrected chi connectivity index (χ4v) is 3.25. The van der Waals surface area contributed by atoms with Crippen molar-refractivity contribution in [2.45, 2.75) is 25.0 Å². The van der Waals surface area contributed by atoms with Crippen molar-refractivity contribution in [2.24, 2.45) is 5.92 Å². The number of ether oxygens (including phenoxy) is 2. The molecular weight excluding hydrogens is 310 g/mol. The first kappa shape index (κ1) is 17.1. The van der Waals surface area contributed by atoms with Crippen molar-refractivity contribution in [3.63, 3.8) is 0 Å². The van der Waals surface area contributed by atoms with Crippen LogP contribution in [0.5, 0.6) is 5.88 Å². The monoisotopic (exact) mass is 335 g/mol. The Balaban J connectivity index is 1.64. The summed E-state index contributed by atoms with van der Waals surface area (Å²) in [6.45, 7) is 3.29. The van der Waals surface area contributed by atoms with Gasteiger partial charge in [-0.1, -0.05) is 6.07 Å². The summed E-state index contributed by atoms with van der Waals surface area (Å²) in [5, 5.41) is 12.7. The van der Waals surface area contributed by atoms with E-state index < -0.39 is 0 Å². The topological polar surface area (TPSA) is 83.9 Å². The molecule has 1 aromatic heterocycles. The molecule has 3 rings (SSSR count). The quantitative estimate of drug-likeness (QED) is 0.780. The van der Waals surface area contributed by atoms with Crippen LogP contribution in [0.4, 0.5) is 0 Å². The lowest BCUT2D eigenvalue weighted by atomic mass is 9.75. The maximum absolute atomic E-state index is 12.4. The second-order valence-corrected chi connectivity index (χ2v) is 6.45. The number of aliphatic hydroxyl groups excluding tert-OH is 1. The highest BCUT2D eigenvalue weighted by molar-refractivity contribution is 5.78. The molecule has 2 fully saturated rings. The van der Waals surface area contributed by atoms with Crippen LogP contribution in [0.2, 0.25) is 0 Å². The van der Waals surface area contributed by atoms with Crippen molar-refractivity contribution in [1.82, 2.24) is 15.2 Å². The summed E-state index contributed by atoms with van der Waals surface area (Å²) in [6, 6.07) is 3.60. The first-order chi connectivity index (χ1) is 11.7. The van der Waals surface area contributed by atoms with Crippen LogP contribution in [0.25, 0.3) is 0 Å². The zero-order valence-corrected chi connectivity index (χ0v) is 14.0. The van der Waals surface area contributed by atoms with Crippen molar-refractivity contribution in [2.75, 3.05) is 40.0 Å². The number of aliphatic hydroxyl groups is 1. The fraction of sp³-hybridized carbons (Fsp3) is 0.647. The maximum Gasteiger partial charge on any atom is 0.234 e. The van der Waals surface area contributed by atoms with E-state index in [-0.39, 0.29) is 24.0 Å². The standard InChI is InChI=1S/C17H25N3O4/c1-23-16-3-2-12(10-18-16)17(13-8-14(21)9-13)19-15(22)11-20-4-6-24-7-5-20/h2-3,10,13-14,17,21H,4-9,11H2,1H3,(H,19,22)/t13?,14?,17-/m0/s1. The fourth-order valence-electron chi connectivity index (χ4n) is 3.25. The number of morpholine rings is 1. The molecule has 1 saturated carbocycles. The Labute approximate surface area is 142 Å². The van der Waals surface area contributed by atoms with Gasteiger partial charge in [0.05, 0.1) is 39.0 Å². The van der Waals surface area contributed by atoms with Crippen molar-refractivity contribution in [3.8, 4) is 5.88 Å². The van der Waals surface area contributed by atoms with E-state index in [2.05, 4.69) is 15.2 Å². The normalized spacial score (nSPS) is 25.6. The van der Waals surface area contributed by atoms with Crippen molar-refractivity contribution >= 4 is 5.91 Å². The van der Waals surface area contributed by atoms with E-state index >= 15 is 0 Å². The molecule has 2 N–H and O–H groups in total. The predicted octanol–water partition coefficient (Wildman–Crippen LogP) is 0.351. The second kappa shape index (κ2) is 7.92. The molecular formula is C17H25N3O4. The number of carbonyl (C=O) groups excluding carboxylic acids is 1. The highest BCUT2D eigenvalue weighted by Crippen LogP contribution is 2.38. The number of methoxy groups -OCH3 is 1. The van der Waals surface area contributed by atoms with Gasteiger partial charge in [0, 0.05) is 25.4 Å². The first-order valence-electron chi connectivity index (χ1n) is 8.43. The van der Waals surface area contributed by atoms with E-state index in [9.17, 15) is 9.90 Å². The number of aromatic nitrogens is 1. The van der Waals surface area contributed by atoms with Gasteiger partial charge in [0.1, 0.15) is 0 Å². The van der Waals surface area contributed by atoms with Gasteiger partial charge in [-0.05, 0) is 24.3 Å². The van der Waals surface area contributed by atoms with Crippen molar-refractivity contribution in [1.29, 1.82) is 0 Å². The largest absolute Gasteiger partial charge is 0.481 e. The van der Waals surface area contributed by atoms with Gasteiger partial charge in [0.2, 0.25) is 11.8 Å². The summed E-state index contributed by atoms with van der Waals surface area (Å²) in [7, 11) is 1.58. The van der Waals surface area contributed by atoms with E-state index in [1.54, 1.807) is 19.4 Å². The molecule has 1 saturated heterocycles. The minimum absolute atomic E-state index is 0.000826.